The zero-order valence-electron chi connectivity index (χ0n) is 12.9. The summed E-state index contributed by atoms with van der Waals surface area (Å²) >= 11 is 0. The molecule has 0 aliphatic heterocycles. The Morgan fingerprint density at radius 3 is 2.57 bits per heavy atom. The minimum atomic E-state index is -0.967. The van der Waals surface area contributed by atoms with Crippen molar-refractivity contribution < 1.29 is 14.7 Å². The van der Waals surface area contributed by atoms with Crippen molar-refractivity contribution in [2.75, 3.05) is 0 Å². The van der Waals surface area contributed by atoms with Crippen LogP contribution in [0.3, 0.4) is 0 Å². The number of carboxylic acid groups (broad SMARTS) is 1. The number of pyridine rings is 1. The predicted octanol–water partition coefficient (Wildman–Crippen LogP) is 3.00. The number of hydrogen-bond donors (Lipinski definition) is 2. The van der Waals surface area contributed by atoms with Crippen molar-refractivity contribution in [3.05, 3.63) is 42.1 Å². The van der Waals surface area contributed by atoms with Crippen molar-refractivity contribution in [2.45, 2.75) is 38.1 Å². The van der Waals surface area contributed by atoms with Crippen LogP contribution in [0.4, 0.5) is 0 Å². The van der Waals surface area contributed by atoms with Gasteiger partial charge in [-0.1, -0.05) is 43.5 Å². The van der Waals surface area contributed by atoms with Gasteiger partial charge in [0.05, 0.1) is 5.52 Å². The van der Waals surface area contributed by atoms with E-state index < -0.39 is 17.9 Å². The third-order valence-corrected chi connectivity index (χ3v) is 4.50. The summed E-state index contributed by atoms with van der Waals surface area (Å²) in [5.74, 6) is -1.38. The van der Waals surface area contributed by atoms with Crippen molar-refractivity contribution in [1.29, 1.82) is 0 Å². The van der Waals surface area contributed by atoms with E-state index in [9.17, 15) is 14.7 Å². The monoisotopic (exact) mass is 312 g/mol. The molecule has 1 aliphatic carbocycles. The molecule has 1 aromatic carbocycles. The highest BCUT2D eigenvalue weighted by Crippen LogP contribution is 2.26. The SMILES string of the molecule is O=C(N[C@@H](C(=O)O)C1CCCCC1)c1ccc2ccccc2n1. The second-order valence-corrected chi connectivity index (χ2v) is 6.08. The van der Waals surface area contributed by atoms with Crippen molar-refractivity contribution in [1.82, 2.24) is 10.3 Å². The number of benzene rings is 1. The summed E-state index contributed by atoms with van der Waals surface area (Å²) in [5.41, 5.74) is 0.982. The maximum Gasteiger partial charge on any atom is 0.326 e. The van der Waals surface area contributed by atoms with Gasteiger partial charge in [-0.25, -0.2) is 9.78 Å². The first-order chi connectivity index (χ1) is 11.1. The Balaban J connectivity index is 1.78. The van der Waals surface area contributed by atoms with Crippen LogP contribution in [-0.4, -0.2) is 28.0 Å². The van der Waals surface area contributed by atoms with E-state index in [1.54, 1.807) is 6.07 Å². The van der Waals surface area contributed by atoms with E-state index in [4.69, 9.17) is 0 Å². The van der Waals surface area contributed by atoms with Crippen molar-refractivity contribution in [3.8, 4) is 0 Å². The summed E-state index contributed by atoms with van der Waals surface area (Å²) in [6.07, 6.45) is 4.89. The highest BCUT2D eigenvalue weighted by molar-refractivity contribution is 5.97. The van der Waals surface area contributed by atoms with E-state index >= 15 is 0 Å². The number of nitrogens with zero attached hydrogens (tertiary/aromatic N) is 1. The van der Waals surface area contributed by atoms with Crippen LogP contribution in [0.15, 0.2) is 36.4 Å². The molecule has 0 bridgehead atoms. The molecule has 2 N–H and O–H groups in total. The number of carbonyl (C=O) groups excluding carboxylic acids is 1. The van der Waals surface area contributed by atoms with Crippen LogP contribution >= 0.6 is 0 Å². The zero-order chi connectivity index (χ0) is 16.2. The first kappa shape index (κ1) is 15.5. The number of aliphatic carboxylic acids is 1. The second-order valence-electron chi connectivity index (χ2n) is 6.08. The van der Waals surface area contributed by atoms with E-state index in [-0.39, 0.29) is 11.6 Å². The molecule has 0 unspecified atom stereocenters. The number of nitrogens with one attached hydrogen (secondary N) is 1. The van der Waals surface area contributed by atoms with Crippen LogP contribution in [0.2, 0.25) is 0 Å². The number of carbonyl (C=O) groups is 2. The molecule has 1 aromatic heterocycles. The Morgan fingerprint density at radius 2 is 1.83 bits per heavy atom. The molecule has 5 heteroatoms. The summed E-state index contributed by atoms with van der Waals surface area (Å²) < 4.78 is 0. The summed E-state index contributed by atoms with van der Waals surface area (Å²) in [4.78, 5) is 28.3. The maximum atomic E-state index is 12.4. The van der Waals surface area contributed by atoms with Crippen LogP contribution in [0.5, 0.6) is 0 Å². The smallest absolute Gasteiger partial charge is 0.326 e. The number of aromatic nitrogens is 1. The highest BCUT2D eigenvalue weighted by atomic mass is 16.4. The quantitative estimate of drug-likeness (QED) is 0.909. The van der Waals surface area contributed by atoms with Gasteiger partial charge in [-0.3, -0.25) is 4.79 Å². The van der Waals surface area contributed by atoms with Crippen molar-refractivity contribution >= 4 is 22.8 Å². The molecule has 23 heavy (non-hydrogen) atoms. The first-order valence-corrected chi connectivity index (χ1v) is 8.04. The number of fused-ring (bicyclic) bond motifs is 1. The lowest BCUT2D eigenvalue weighted by Gasteiger charge is -2.27. The lowest BCUT2D eigenvalue weighted by molar-refractivity contribution is -0.141. The largest absolute Gasteiger partial charge is 0.480 e. The summed E-state index contributed by atoms with van der Waals surface area (Å²) in [6, 6.07) is 10.2. The normalized spacial score (nSPS) is 16.9. The molecule has 1 fully saturated rings. The van der Waals surface area contributed by atoms with Crippen molar-refractivity contribution in [2.24, 2.45) is 5.92 Å². The van der Waals surface area contributed by atoms with E-state index in [1.807, 2.05) is 30.3 Å². The average Bonchev–Trinajstić information content (AvgIpc) is 2.59. The van der Waals surface area contributed by atoms with Gasteiger partial charge in [-0.15, -0.1) is 0 Å². The Hall–Kier alpha value is -2.43. The summed E-state index contributed by atoms with van der Waals surface area (Å²) in [7, 11) is 0. The third-order valence-electron chi connectivity index (χ3n) is 4.50. The number of hydrogen-bond acceptors (Lipinski definition) is 3. The average molecular weight is 312 g/mol. The van der Waals surface area contributed by atoms with Crippen LogP contribution in [-0.2, 0) is 4.79 Å². The lowest BCUT2D eigenvalue weighted by atomic mass is 9.84. The molecular weight excluding hydrogens is 292 g/mol. The molecule has 1 amide bonds. The maximum absolute atomic E-state index is 12.4. The molecule has 1 saturated carbocycles. The van der Waals surface area contributed by atoms with Gasteiger partial charge < -0.3 is 10.4 Å². The molecular formula is C18H20N2O3. The number of amides is 1. The van der Waals surface area contributed by atoms with Gasteiger partial charge in [-0.05, 0) is 30.9 Å². The zero-order valence-corrected chi connectivity index (χ0v) is 12.9. The van der Waals surface area contributed by atoms with Crippen LogP contribution in [0.25, 0.3) is 10.9 Å². The molecule has 120 valence electrons. The summed E-state index contributed by atoms with van der Waals surface area (Å²) in [5, 5.41) is 13.1. The van der Waals surface area contributed by atoms with Crippen molar-refractivity contribution in [3.63, 3.8) is 0 Å². The molecule has 2 aromatic rings. The highest BCUT2D eigenvalue weighted by Gasteiger charge is 2.31. The molecule has 0 radical (unpaired) electrons. The second kappa shape index (κ2) is 6.77. The van der Waals surface area contributed by atoms with Gasteiger partial charge in [0.2, 0.25) is 0 Å². The van der Waals surface area contributed by atoms with E-state index in [2.05, 4.69) is 10.3 Å². The Morgan fingerprint density at radius 1 is 1.09 bits per heavy atom. The van der Waals surface area contributed by atoms with E-state index in [0.717, 1.165) is 43.0 Å². The third kappa shape index (κ3) is 3.50. The number of rotatable bonds is 4. The fraction of sp³-hybridized carbons (Fsp3) is 0.389. The number of carboxylic acids is 1. The fourth-order valence-electron chi connectivity index (χ4n) is 3.26. The Kier molecular flexibility index (Phi) is 4.55. The minimum Gasteiger partial charge on any atom is -0.480 e. The molecule has 5 nitrogen and oxygen atoms in total. The van der Waals surface area contributed by atoms with Gasteiger partial charge in [-0.2, -0.15) is 0 Å². The summed E-state index contributed by atoms with van der Waals surface area (Å²) in [6.45, 7) is 0. The molecule has 1 aliphatic rings. The molecule has 1 heterocycles. The van der Waals surface area contributed by atoms with Gasteiger partial charge >= 0.3 is 5.97 Å². The van der Waals surface area contributed by atoms with Gasteiger partial charge in [0.25, 0.3) is 5.91 Å². The lowest BCUT2D eigenvalue weighted by Crippen LogP contribution is -2.46. The standard InChI is InChI=1S/C18H20N2O3/c21-17(15-11-10-12-6-4-5-9-14(12)19-15)20-16(18(22)23)13-7-2-1-3-8-13/h4-6,9-11,13,16H,1-3,7-8H2,(H,20,21)(H,22,23)/t16-/m1/s1. The van der Waals surface area contributed by atoms with Crippen LogP contribution in [0.1, 0.15) is 42.6 Å². The first-order valence-electron chi connectivity index (χ1n) is 8.04. The predicted molar refractivity (Wildman–Crippen MR) is 87.2 cm³/mol. The van der Waals surface area contributed by atoms with Crippen LogP contribution < -0.4 is 5.32 Å². The fourth-order valence-corrected chi connectivity index (χ4v) is 3.26. The van der Waals surface area contributed by atoms with E-state index in [1.165, 1.54) is 0 Å². The molecule has 0 saturated heterocycles. The molecule has 3 rings (SSSR count). The Labute approximate surface area is 134 Å². The molecule has 0 spiro atoms. The van der Waals surface area contributed by atoms with E-state index in [0.29, 0.717) is 0 Å². The van der Waals surface area contributed by atoms with Gasteiger partial charge in [0, 0.05) is 5.39 Å². The Bertz CT molecular complexity index is 723. The topological polar surface area (TPSA) is 79.3 Å². The molecule has 1 atom stereocenters. The van der Waals surface area contributed by atoms with Gasteiger partial charge in [0.1, 0.15) is 11.7 Å². The minimum absolute atomic E-state index is 0.00524. The number of para-hydroxylation sites is 1. The van der Waals surface area contributed by atoms with Crippen LogP contribution in [0, 0.1) is 5.92 Å². The van der Waals surface area contributed by atoms with Gasteiger partial charge in [0.15, 0.2) is 0 Å².